The minimum absolute atomic E-state index is 0.0751. The van der Waals surface area contributed by atoms with Crippen molar-refractivity contribution in [3.63, 3.8) is 0 Å². The number of nitrogens with zero attached hydrogens (tertiary/aromatic N) is 3. The van der Waals surface area contributed by atoms with E-state index in [0.29, 0.717) is 4.86 Å². The SMILES string of the molecule is CC(C)(C)/[N+]([O-])=N/Nc1nc[nH]c1C(N)=O. The van der Waals surface area contributed by atoms with Crippen LogP contribution >= 0.6 is 0 Å². The third-order valence-corrected chi connectivity index (χ3v) is 1.71. The van der Waals surface area contributed by atoms with E-state index in [1.54, 1.807) is 20.8 Å². The molecule has 0 bridgehead atoms. The van der Waals surface area contributed by atoms with Crippen LogP contribution in [0.25, 0.3) is 0 Å². The van der Waals surface area contributed by atoms with Crippen LogP contribution in [0.4, 0.5) is 5.82 Å². The number of H-pyrrole nitrogens is 1. The van der Waals surface area contributed by atoms with Crippen LogP contribution in [0, 0.1) is 5.21 Å². The fraction of sp³-hybridized carbons (Fsp3) is 0.500. The Balaban J connectivity index is 2.83. The topological polar surface area (TPSA) is 122 Å². The smallest absolute Gasteiger partial charge is 0.271 e. The normalized spacial score (nSPS) is 12.6. The molecule has 0 aliphatic rings. The van der Waals surface area contributed by atoms with Gasteiger partial charge in [-0.15, -0.1) is 5.43 Å². The maximum Gasteiger partial charge on any atom is 0.271 e. The average Bonchev–Trinajstić information content (AvgIpc) is 2.60. The van der Waals surface area contributed by atoms with Crippen molar-refractivity contribution in [2.24, 2.45) is 11.0 Å². The number of aromatic nitrogens is 2. The van der Waals surface area contributed by atoms with Crippen LogP contribution in [-0.2, 0) is 0 Å². The maximum atomic E-state index is 11.4. The highest BCUT2D eigenvalue weighted by Gasteiger charge is 2.18. The number of aromatic amines is 1. The molecule has 1 rings (SSSR count). The molecule has 0 atom stereocenters. The van der Waals surface area contributed by atoms with Crippen LogP contribution in [0.2, 0.25) is 0 Å². The molecule has 1 aromatic heterocycles. The Bertz CT molecular complexity index is 416. The van der Waals surface area contributed by atoms with E-state index in [1.165, 1.54) is 6.33 Å². The summed E-state index contributed by atoms with van der Waals surface area (Å²) in [5.41, 5.74) is 6.85. The summed E-state index contributed by atoms with van der Waals surface area (Å²) in [7, 11) is 0. The monoisotopic (exact) mass is 226 g/mol. The van der Waals surface area contributed by atoms with Gasteiger partial charge in [-0.25, -0.2) is 0 Å². The molecule has 16 heavy (non-hydrogen) atoms. The lowest BCUT2D eigenvalue weighted by atomic mass is 10.1. The summed E-state index contributed by atoms with van der Waals surface area (Å²) in [6.07, 6.45) is 1.28. The van der Waals surface area contributed by atoms with Crippen molar-refractivity contribution >= 4 is 11.7 Å². The summed E-state index contributed by atoms with van der Waals surface area (Å²) in [4.78, 5) is 17.7. The number of carbonyl (C=O) groups excluding carboxylic acids is 1. The van der Waals surface area contributed by atoms with E-state index >= 15 is 0 Å². The Labute approximate surface area is 92.1 Å². The van der Waals surface area contributed by atoms with Gasteiger partial charge in [0.05, 0.1) is 11.6 Å². The molecule has 0 unspecified atom stereocenters. The zero-order valence-corrected chi connectivity index (χ0v) is 9.31. The van der Waals surface area contributed by atoms with Gasteiger partial charge in [0.25, 0.3) is 11.7 Å². The molecule has 4 N–H and O–H groups in total. The molecular weight excluding hydrogens is 212 g/mol. The van der Waals surface area contributed by atoms with Gasteiger partial charge >= 0.3 is 0 Å². The van der Waals surface area contributed by atoms with Gasteiger partial charge in [0, 0.05) is 0 Å². The van der Waals surface area contributed by atoms with Crippen molar-refractivity contribution in [1.29, 1.82) is 0 Å². The summed E-state index contributed by atoms with van der Waals surface area (Å²) in [5, 5.41) is 14.9. The van der Waals surface area contributed by atoms with Crippen LogP contribution in [0.1, 0.15) is 31.3 Å². The van der Waals surface area contributed by atoms with Crippen molar-refractivity contribution in [2.75, 3.05) is 5.43 Å². The number of anilines is 1. The second-order valence-electron chi connectivity index (χ2n) is 4.15. The molecule has 8 nitrogen and oxygen atoms in total. The van der Waals surface area contributed by atoms with Gasteiger partial charge in [0.2, 0.25) is 0 Å². The second-order valence-corrected chi connectivity index (χ2v) is 4.15. The molecule has 1 amide bonds. The van der Waals surface area contributed by atoms with Gasteiger partial charge < -0.3 is 15.9 Å². The minimum atomic E-state index is -0.677. The fourth-order valence-electron chi connectivity index (χ4n) is 0.810. The van der Waals surface area contributed by atoms with Gasteiger partial charge in [-0.05, 0) is 20.8 Å². The van der Waals surface area contributed by atoms with Crippen molar-refractivity contribution in [2.45, 2.75) is 26.3 Å². The molecule has 88 valence electrons. The van der Waals surface area contributed by atoms with Gasteiger partial charge in [-0.1, -0.05) is 0 Å². The third-order valence-electron chi connectivity index (χ3n) is 1.71. The molecule has 0 aliphatic heterocycles. The van der Waals surface area contributed by atoms with E-state index in [9.17, 15) is 10.0 Å². The number of rotatable bonds is 3. The highest BCUT2D eigenvalue weighted by atomic mass is 16.5. The highest BCUT2D eigenvalue weighted by Crippen LogP contribution is 2.10. The van der Waals surface area contributed by atoms with Crippen LogP contribution in [-0.4, -0.2) is 26.3 Å². The van der Waals surface area contributed by atoms with Crippen molar-refractivity contribution in [1.82, 2.24) is 9.97 Å². The number of nitrogens with two attached hydrogens (primary N) is 1. The number of primary amides is 1. The third kappa shape index (κ3) is 2.69. The van der Waals surface area contributed by atoms with E-state index in [1.807, 2.05) is 0 Å². The van der Waals surface area contributed by atoms with Gasteiger partial charge in [-0.2, -0.15) is 9.84 Å². The highest BCUT2D eigenvalue weighted by molar-refractivity contribution is 5.95. The Kier molecular flexibility index (Phi) is 3.11. The van der Waals surface area contributed by atoms with E-state index < -0.39 is 11.4 Å². The summed E-state index contributed by atoms with van der Waals surface area (Å²) in [6.45, 7) is 5.10. The Morgan fingerprint density at radius 1 is 1.69 bits per heavy atom. The maximum absolute atomic E-state index is 11.4. The molecule has 0 saturated heterocycles. The molecule has 1 heterocycles. The molecule has 0 aromatic carbocycles. The lowest BCUT2D eigenvalue weighted by molar-refractivity contribution is -0.598. The first kappa shape index (κ1) is 12.0. The Hall–Kier alpha value is -2.12. The molecule has 0 fully saturated rings. The fourth-order valence-corrected chi connectivity index (χ4v) is 0.810. The van der Waals surface area contributed by atoms with E-state index in [2.05, 4.69) is 20.6 Å². The first-order valence-corrected chi connectivity index (χ1v) is 4.59. The lowest BCUT2D eigenvalue weighted by Crippen LogP contribution is -2.28. The molecule has 0 saturated carbocycles. The van der Waals surface area contributed by atoms with E-state index in [4.69, 9.17) is 5.73 Å². The first-order valence-electron chi connectivity index (χ1n) is 4.59. The summed E-state index contributed by atoms with van der Waals surface area (Å²) >= 11 is 0. The quantitative estimate of drug-likeness (QED) is 0.396. The average molecular weight is 226 g/mol. The number of hydroxylamine groups is 1. The number of imidazole rings is 1. The summed E-state index contributed by atoms with van der Waals surface area (Å²) in [6, 6.07) is 0. The first-order chi connectivity index (χ1) is 7.32. The molecule has 1 aromatic rings. The zero-order valence-electron chi connectivity index (χ0n) is 9.31. The van der Waals surface area contributed by atoms with E-state index in [0.717, 1.165) is 0 Å². The second kappa shape index (κ2) is 4.17. The molecular formula is C8H14N6O2. The Morgan fingerprint density at radius 2 is 2.31 bits per heavy atom. The summed E-state index contributed by atoms with van der Waals surface area (Å²) in [5.74, 6) is -0.555. The molecule has 8 heteroatoms. The van der Waals surface area contributed by atoms with E-state index in [-0.39, 0.29) is 11.5 Å². The largest absolute Gasteiger partial charge is 0.695 e. The molecule has 0 aliphatic carbocycles. The van der Waals surface area contributed by atoms with Crippen LogP contribution < -0.4 is 11.2 Å². The van der Waals surface area contributed by atoms with Gasteiger partial charge in [-0.3, -0.25) is 4.79 Å². The predicted molar refractivity (Wildman–Crippen MR) is 56.5 cm³/mol. The number of nitrogens with one attached hydrogen (secondary N) is 2. The molecule has 0 radical (unpaired) electrons. The van der Waals surface area contributed by atoms with Crippen LogP contribution in [0.5, 0.6) is 0 Å². The lowest BCUT2D eigenvalue weighted by Gasteiger charge is -2.20. The number of amides is 1. The molecule has 0 spiro atoms. The number of carbonyl (C=O) groups is 1. The summed E-state index contributed by atoms with van der Waals surface area (Å²) < 4.78 is 0. The van der Waals surface area contributed by atoms with Crippen LogP contribution in [0.15, 0.2) is 11.6 Å². The zero-order chi connectivity index (χ0) is 12.3. The standard InChI is InChI=1S/C8H14N6O2/c1-8(2,3)14(16)13-12-7-5(6(9)15)10-4-11-7/h4,12H,1-3H3,(H2,9,15)(H,10,11)/b14-13-. The predicted octanol–water partition coefficient (Wildman–Crippen LogP) is 0.597. The number of hydrogen-bond acceptors (Lipinski definition) is 4. The van der Waals surface area contributed by atoms with Crippen molar-refractivity contribution in [3.8, 4) is 0 Å². The van der Waals surface area contributed by atoms with Crippen LogP contribution in [0.3, 0.4) is 0 Å². The van der Waals surface area contributed by atoms with Gasteiger partial charge in [0.15, 0.2) is 5.69 Å². The number of hydrogen-bond donors (Lipinski definition) is 3. The Morgan fingerprint density at radius 3 is 2.81 bits per heavy atom. The van der Waals surface area contributed by atoms with Crippen molar-refractivity contribution in [3.05, 3.63) is 17.2 Å². The van der Waals surface area contributed by atoms with Crippen molar-refractivity contribution < 1.29 is 9.66 Å². The van der Waals surface area contributed by atoms with Gasteiger partial charge in [0.1, 0.15) is 5.54 Å². The minimum Gasteiger partial charge on any atom is -0.695 e.